The summed E-state index contributed by atoms with van der Waals surface area (Å²) in [6.45, 7) is 4.78. The number of ether oxygens (including phenoxy) is 1. The Bertz CT molecular complexity index is 408. The van der Waals surface area contributed by atoms with E-state index in [1.165, 1.54) is 18.4 Å². The smallest absolute Gasteiger partial charge is 0.122 e. The average Bonchev–Trinajstić information content (AvgIpc) is 2.49. The van der Waals surface area contributed by atoms with Crippen molar-refractivity contribution >= 4 is 0 Å². The van der Waals surface area contributed by atoms with E-state index in [0.29, 0.717) is 18.6 Å². The molecule has 3 nitrogen and oxygen atoms in total. The van der Waals surface area contributed by atoms with E-state index in [1.54, 1.807) is 7.11 Å². The SMILES string of the molecule is COc1ccccc1CCCN1CC(CO)CCC1C. The minimum atomic E-state index is 0.329. The van der Waals surface area contributed by atoms with Gasteiger partial charge in [0.25, 0.3) is 0 Å². The summed E-state index contributed by atoms with van der Waals surface area (Å²) in [5.41, 5.74) is 1.29. The Morgan fingerprint density at radius 3 is 2.85 bits per heavy atom. The highest BCUT2D eigenvalue weighted by Crippen LogP contribution is 2.23. The molecule has 112 valence electrons. The van der Waals surface area contributed by atoms with Gasteiger partial charge in [-0.05, 0) is 56.7 Å². The van der Waals surface area contributed by atoms with E-state index in [1.807, 2.05) is 12.1 Å². The lowest BCUT2D eigenvalue weighted by Gasteiger charge is -2.37. The summed E-state index contributed by atoms with van der Waals surface area (Å²) in [5.74, 6) is 1.46. The van der Waals surface area contributed by atoms with Crippen molar-refractivity contribution in [1.82, 2.24) is 4.90 Å². The highest BCUT2D eigenvalue weighted by molar-refractivity contribution is 5.33. The maximum atomic E-state index is 9.32. The number of methoxy groups -OCH3 is 1. The first kappa shape index (κ1) is 15.3. The van der Waals surface area contributed by atoms with Crippen LogP contribution in [0.5, 0.6) is 5.75 Å². The van der Waals surface area contributed by atoms with Crippen LogP contribution >= 0.6 is 0 Å². The van der Waals surface area contributed by atoms with Crippen molar-refractivity contribution in [1.29, 1.82) is 0 Å². The maximum Gasteiger partial charge on any atom is 0.122 e. The van der Waals surface area contributed by atoms with Crippen LogP contribution in [0.3, 0.4) is 0 Å². The molecule has 3 heteroatoms. The van der Waals surface area contributed by atoms with Gasteiger partial charge in [0.1, 0.15) is 5.75 Å². The molecule has 1 N–H and O–H groups in total. The van der Waals surface area contributed by atoms with Gasteiger partial charge in [0.05, 0.1) is 7.11 Å². The molecule has 0 aromatic heterocycles. The number of benzene rings is 1. The summed E-state index contributed by atoms with van der Waals surface area (Å²) in [4.78, 5) is 2.53. The van der Waals surface area contributed by atoms with E-state index >= 15 is 0 Å². The summed E-state index contributed by atoms with van der Waals surface area (Å²) in [6, 6.07) is 8.91. The van der Waals surface area contributed by atoms with Gasteiger partial charge >= 0.3 is 0 Å². The summed E-state index contributed by atoms with van der Waals surface area (Å²) < 4.78 is 5.40. The predicted molar refractivity (Wildman–Crippen MR) is 82.2 cm³/mol. The quantitative estimate of drug-likeness (QED) is 0.868. The Labute approximate surface area is 122 Å². The number of para-hydroxylation sites is 1. The van der Waals surface area contributed by atoms with Gasteiger partial charge in [0, 0.05) is 19.2 Å². The van der Waals surface area contributed by atoms with Gasteiger partial charge in [0.2, 0.25) is 0 Å². The molecular formula is C17H27NO2. The first-order valence-corrected chi connectivity index (χ1v) is 7.71. The molecule has 2 rings (SSSR count). The van der Waals surface area contributed by atoms with Crippen LogP contribution in [0.1, 0.15) is 31.7 Å². The Hall–Kier alpha value is -1.06. The Balaban J connectivity index is 1.82. The van der Waals surface area contributed by atoms with Crippen molar-refractivity contribution < 1.29 is 9.84 Å². The normalized spacial score (nSPS) is 23.8. The lowest BCUT2D eigenvalue weighted by Crippen LogP contribution is -2.43. The zero-order chi connectivity index (χ0) is 14.4. The van der Waals surface area contributed by atoms with Crippen LogP contribution in [-0.4, -0.2) is 42.9 Å². The minimum Gasteiger partial charge on any atom is -0.496 e. The van der Waals surface area contributed by atoms with E-state index in [-0.39, 0.29) is 0 Å². The number of rotatable bonds is 6. The molecule has 0 radical (unpaired) electrons. The molecule has 1 aliphatic heterocycles. The number of piperidine rings is 1. The van der Waals surface area contributed by atoms with Crippen molar-refractivity contribution in [3.05, 3.63) is 29.8 Å². The third-order valence-corrected chi connectivity index (χ3v) is 4.45. The van der Waals surface area contributed by atoms with Crippen molar-refractivity contribution in [2.75, 3.05) is 26.8 Å². The van der Waals surface area contributed by atoms with Crippen molar-refractivity contribution in [2.24, 2.45) is 5.92 Å². The number of likely N-dealkylation sites (tertiary alicyclic amines) is 1. The molecule has 1 aliphatic rings. The van der Waals surface area contributed by atoms with Crippen LogP contribution in [-0.2, 0) is 6.42 Å². The molecule has 2 unspecified atom stereocenters. The molecule has 1 fully saturated rings. The van der Waals surface area contributed by atoms with Crippen molar-refractivity contribution in [3.8, 4) is 5.75 Å². The molecule has 1 saturated heterocycles. The molecule has 2 atom stereocenters. The highest BCUT2D eigenvalue weighted by atomic mass is 16.5. The van der Waals surface area contributed by atoms with E-state index in [2.05, 4.69) is 24.0 Å². The lowest BCUT2D eigenvalue weighted by molar-refractivity contribution is 0.0820. The molecule has 0 spiro atoms. The molecule has 0 saturated carbocycles. The zero-order valence-electron chi connectivity index (χ0n) is 12.7. The van der Waals surface area contributed by atoms with Gasteiger partial charge in [0.15, 0.2) is 0 Å². The second-order valence-corrected chi connectivity index (χ2v) is 5.89. The predicted octanol–water partition coefficient (Wildman–Crippen LogP) is 2.72. The van der Waals surface area contributed by atoms with E-state index in [4.69, 9.17) is 4.74 Å². The fraction of sp³-hybridized carbons (Fsp3) is 0.647. The number of aliphatic hydroxyl groups excluding tert-OH is 1. The van der Waals surface area contributed by atoms with Crippen LogP contribution < -0.4 is 4.74 Å². The number of hydrogen-bond acceptors (Lipinski definition) is 3. The molecular weight excluding hydrogens is 250 g/mol. The van der Waals surface area contributed by atoms with E-state index < -0.39 is 0 Å². The molecule has 1 aromatic carbocycles. The number of nitrogens with zero attached hydrogens (tertiary/aromatic N) is 1. The molecule has 0 aliphatic carbocycles. The average molecular weight is 277 g/mol. The summed E-state index contributed by atoms with van der Waals surface area (Å²) in [5, 5.41) is 9.32. The third-order valence-electron chi connectivity index (χ3n) is 4.45. The number of aryl methyl sites for hydroxylation is 1. The summed E-state index contributed by atoms with van der Waals surface area (Å²) >= 11 is 0. The van der Waals surface area contributed by atoms with Crippen LogP contribution in [0.2, 0.25) is 0 Å². The maximum absolute atomic E-state index is 9.32. The molecule has 1 heterocycles. The number of aliphatic hydroxyl groups is 1. The molecule has 0 amide bonds. The van der Waals surface area contributed by atoms with Crippen LogP contribution in [0, 0.1) is 5.92 Å². The van der Waals surface area contributed by atoms with Crippen LogP contribution in [0.25, 0.3) is 0 Å². The van der Waals surface area contributed by atoms with Crippen LogP contribution in [0.4, 0.5) is 0 Å². The molecule has 20 heavy (non-hydrogen) atoms. The number of hydrogen-bond donors (Lipinski definition) is 1. The lowest BCUT2D eigenvalue weighted by atomic mass is 9.94. The van der Waals surface area contributed by atoms with Crippen molar-refractivity contribution in [2.45, 2.75) is 38.6 Å². The highest BCUT2D eigenvalue weighted by Gasteiger charge is 2.24. The third kappa shape index (κ3) is 3.97. The topological polar surface area (TPSA) is 32.7 Å². The van der Waals surface area contributed by atoms with Gasteiger partial charge in [-0.15, -0.1) is 0 Å². The second kappa shape index (κ2) is 7.65. The van der Waals surface area contributed by atoms with Gasteiger partial charge in [-0.2, -0.15) is 0 Å². The Morgan fingerprint density at radius 2 is 2.10 bits per heavy atom. The first-order chi connectivity index (χ1) is 9.74. The standard InChI is InChI=1S/C17H27NO2/c1-14-9-10-15(13-19)12-18(14)11-5-7-16-6-3-4-8-17(16)20-2/h3-4,6,8,14-15,19H,5,7,9-13H2,1-2H3. The second-order valence-electron chi connectivity index (χ2n) is 5.89. The first-order valence-electron chi connectivity index (χ1n) is 7.71. The summed E-state index contributed by atoms with van der Waals surface area (Å²) in [7, 11) is 1.73. The van der Waals surface area contributed by atoms with Crippen LogP contribution in [0.15, 0.2) is 24.3 Å². The zero-order valence-corrected chi connectivity index (χ0v) is 12.7. The largest absolute Gasteiger partial charge is 0.496 e. The fourth-order valence-corrected chi connectivity index (χ4v) is 3.11. The van der Waals surface area contributed by atoms with E-state index in [9.17, 15) is 5.11 Å². The Kier molecular flexibility index (Phi) is 5.86. The van der Waals surface area contributed by atoms with Crippen molar-refractivity contribution in [3.63, 3.8) is 0 Å². The van der Waals surface area contributed by atoms with E-state index in [0.717, 1.165) is 31.7 Å². The van der Waals surface area contributed by atoms with Gasteiger partial charge in [-0.25, -0.2) is 0 Å². The molecule has 1 aromatic rings. The fourth-order valence-electron chi connectivity index (χ4n) is 3.11. The molecule has 0 bridgehead atoms. The summed E-state index contributed by atoms with van der Waals surface area (Å²) in [6.07, 6.45) is 4.57. The van der Waals surface area contributed by atoms with Gasteiger partial charge < -0.3 is 14.7 Å². The van der Waals surface area contributed by atoms with Gasteiger partial charge in [-0.1, -0.05) is 18.2 Å². The Morgan fingerprint density at radius 1 is 1.30 bits per heavy atom. The minimum absolute atomic E-state index is 0.329. The monoisotopic (exact) mass is 277 g/mol. The van der Waals surface area contributed by atoms with Gasteiger partial charge in [-0.3, -0.25) is 0 Å².